The van der Waals surface area contributed by atoms with Gasteiger partial charge in [-0.1, -0.05) is 12.1 Å². The maximum absolute atomic E-state index is 11.0. The van der Waals surface area contributed by atoms with Crippen molar-refractivity contribution in [3.63, 3.8) is 0 Å². The summed E-state index contributed by atoms with van der Waals surface area (Å²) in [6.45, 7) is 3.62. The zero-order chi connectivity index (χ0) is 13.0. The van der Waals surface area contributed by atoms with E-state index in [1.165, 1.54) is 12.8 Å². The quantitative estimate of drug-likeness (QED) is 0.621. The molecule has 0 saturated carbocycles. The molecule has 0 amide bonds. The molecule has 1 heterocycles. The minimum Gasteiger partial charge on any atom is -0.379 e. The van der Waals surface area contributed by atoms with E-state index in [1.807, 2.05) is 6.07 Å². The topological polar surface area (TPSA) is 67.2 Å². The van der Waals surface area contributed by atoms with Crippen molar-refractivity contribution in [1.82, 2.24) is 5.32 Å². The maximum Gasteiger partial charge on any atom is 0.295 e. The van der Waals surface area contributed by atoms with Crippen LogP contribution in [-0.2, 0) is 0 Å². The largest absolute Gasteiger partial charge is 0.379 e. The number of nitrogens with one attached hydrogen (secondary N) is 2. The van der Waals surface area contributed by atoms with Crippen molar-refractivity contribution in [2.45, 2.75) is 32.2 Å². The zero-order valence-electron chi connectivity index (χ0n) is 10.6. The molecular weight excluding hydrogens is 230 g/mol. The number of rotatable bonds is 5. The Morgan fingerprint density at radius 2 is 2.39 bits per heavy atom. The normalized spacial score (nSPS) is 18.8. The molecule has 2 rings (SSSR count). The summed E-state index contributed by atoms with van der Waals surface area (Å²) in [7, 11) is 0. The number of anilines is 1. The van der Waals surface area contributed by atoms with Crippen molar-refractivity contribution < 1.29 is 4.92 Å². The number of aryl methyl sites for hydroxylation is 1. The first-order valence-electron chi connectivity index (χ1n) is 6.40. The Balaban J connectivity index is 1.96. The Morgan fingerprint density at radius 3 is 3.06 bits per heavy atom. The fraction of sp³-hybridized carbons (Fsp3) is 0.538. The predicted molar refractivity (Wildman–Crippen MR) is 72.0 cm³/mol. The second kappa shape index (κ2) is 5.82. The summed E-state index contributed by atoms with van der Waals surface area (Å²) in [5, 5.41) is 17.6. The minimum absolute atomic E-state index is 0.192. The van der Waals surface area contributed by atoms with Crippen LogP contribution in [0.15, 0.2) is 18.2 Å². The van der Waals surface area contributed by atoms with Crippen molar-refractivity contribution >= 4 is 11.4 Å². The molecule has 1 aromatic rings. The van der Waals surface area contributed by atoms with Gasteiger partial charge in [0.05, 0.1) is 4.92 Å². The van der Waals surface area contributed by atoms with Crippen LogP contribution in [-0.4, -0.2) is 24.1 Å². The Bertz CT molecular complexity index is 428. The lowest BCUT2D eigenvalue weighted by Crippen LogP contribution is -2.24. The van der Waals surface area contributed by atoms with E-state index in [-0.39, 0.29) is 10.6 Å². The SMILES string of the molecule is Cc1cccc(NCCC2CCCN2)c1[N+](=O)[O-]. The van der Waals surface area contributed by atoms with Crippen LogP contribution in [0.5, 0.6) is 0 Å². The van der Waals surface area contributed by atoms with Gasteiger partial charge in [0.15, 0.2) is 0 Å². The highest BCUT2D eigenvalue weighted by atomic mass is 16.6. The lowest BCUT2D eigenvalue weighted by atomic mass is 10.1. The van der Waals surface area contributed by atoms with E-state index in [9.17, 15) is 10.1 Å². The molecule has 98 valence electrons. The van der Waals surface area contributed by atoms with Crippen LogP contribution in [0, 0.1) is 17.0 Å². The third kappa shape index (κ3) is 2.98. The summed E-state index contributed by atoms with van der Waals surface area (Å²) in [6.07, 6.45) is 3.44. The van der Waals surface area contributed by atoms with Crippen LogP contribution in [0.1, 0.15) is 24.8 Å². The summed E-state index contributed by atoms with van der Waals surface area (Å²) in [6, 6.07) is 5.94. The van der Waals surface area contributed by atoms with Crippen molar-refractivity contribution in [2.75, 3.05) is 18.4 Å². The number of nitro groups is 1. The summed E-state index contributed by atoms with van der Waals surface area (Å²) < 4.78 is 0. The van der Waals surface area contributed by atoms with Crippen LogP contribution >= 0.6 is 0 Å². The Morgan fingerprint density at radius 1 is 1.56 bits per heavy atom. The molecule has 1 aliphatic heterocycles. The van der Waals surface area contributed by atoms with Crippen LogP contribution in [0.25, 0.3) is 0 Å². The zero-order valence-corrected chi connectivity index (χ0v) is 10.6. The van der Waals surface area contributed by atoms with Gasteiger partial charge in [0.25, 0.3) is 5.69 Å². The monoisotopic (exact) mass is 249 g/mol. The smallest absolute Gasteiger partial charge is 0.295 e. The van der Waals surface area contributed by atoms with Gasteiger partial charge in [-0.15, -0.1) is 0 Å². The fourth-order valence-electron chi connectivity index (χ4n) is 2.43. The molecule has 0 spiro atoms. The number of hydrogen-bond donors (Lipinski definition) is 2. The summed E-state index contributed by atoms with van der Waals surface area (Å²) in [5.41, 5.74) is 1.51. The molecule has 1 aromatic carbocycles. The summed E-state index contributed by atoms with van der Waals surface area (Å²) >= 11 is 0. The third-order valence-corrected chi connectivity index (χ3v) is 3.39. The van der Waals surface area contributed by atoms with Gasteiger partial charge in [0, 0.05) is 18.2 Å². The Hall–Kier alpha value is -1.62. The predicted octanol–water partition coefficient (Wildman–Crippen LogP) is 2.46. The standard InChI is InChI=1S/C13H19N3O2/c1-10-4-2-6-12(13(10)16(17)18)15-9-7-11-5-3-8-14-11/h2,4,6,11,14-15H,3,5,7-9H2,1H3. The number of nitro benzene ring substituents is 1. The second-order valence-electron chi connectivity index (χ2n) is 4.74. The van der Waals surface area contributed by atoms with Gasteiger partial charge >= 0.3 is 0 Å². The van der Waals surface area contributed by atoms with Crippen molar-refractivity contribution in [3.8, 4) is 0 Å². The number of benzene rings is 1. The molecule has 1 atom stereocenters. The molecule has 5 heteroatoms. The first kappa shape index (κ1) is 12.8. The highest BCUT2D eigenvalue weighted by molar-refractivity contribution is 5.64. The number of para-hydroxylation sites is 1. The van der Waals surface area contributed by atoms with Gasteiger partial charge in [-0.05, 0) is 38.8 Å². The Labute approximate surface area is 107 Å². The van der Waals surface area contributed by atoms with Crippen molar-refractivity contribution in [1.29, 1.82) is 0 Å². The van der Waals surface area contributed by atoms with Gasteiger partial charge in [0.2, 0.25) is 0 Å². The molecule has 0 aliphatic carbocycles. The highest BCUT2D eigenvalue weighted by Crippen LogP contribution is 2.27. The van der Waals surface area contributed by atoms with Crippen molar-refractivity contribution in [3.05, 3.63) is 33.9 Å². The van der Waals surface area contributed by atoms with Crippen LogP contribution < -0.4 is 10.6 Å². The molecule has 1 saturated heterocycles. The first-order valence-corrected chi connectivity index (χ1v) is 6.40. The van der Waals surface area contributed by atoms with Gasteiger partial charge in [-0.25, -0.2) is 0 Å². The average Bonchev–Trinajstić information content (AvgIpc) is 2.81. The van der Waals surface area contributed by atoms with Crippen LogP contribution in [0.3, 0.4) is 0 Å². The highest BCUT2D eigenvalue weighted by Gasteiger charge is 2.17. The molecule has 1 aliphatic rings. The fourth-order valence-corrected chi connectivity index (χ4v) is 2.43. The lowest BCUT2D eigenvalue weighted by Gasteiger charge is -2.12. The molecule has 0 aromatic heterocycles. The summed E-state index contributed by atoms with van der Waals surface area (Å²) in [5.74, 6) is 0. The minimum atomic E-state index is -0.314. The van der Waals surface area contributed by atoms with E-state index in [0.717, 1.165) is 19.5 Å². The van der Waals surface area contributed by atoms with Gasteiger partial charge in [-0.2, -0.15) is 0 Å². The van der Waals surface area contributed by atoms with Gasteiger partial charge in [0.1, 0.15) is 5.69 Å². The van der Waals surface area contributed by atoms with Crippen LogP contribution in [0.2, 0.25) is 0 Å². The van der Waals surface area contributed by atoms with Gasteiger partial charge in [-0.3, -0.25) is 10.1 Å². The average molecular weight is 249 g/mol. The number of hydrogen-bond acceptors (Lipinski definition) is 4. The van der Waals surface area contributed by atoms with Crippen molar-refractivity contribution in [2.24, 2.45) is 0 Å². The third-order valence-electron chi connectivity index (χ3n) is 3.39. The van der Waals surface area contributed by atoms with E-state index >= 15 is 0 Å². The number of nitrogens with zero attached hydrogens (tertiary/aromatic N) is 1. The first-order chi connectivity index (χ1) is 8.68. The maximum atomic E-state index is 11.0. The van der Waals surface area contributed by atoms with E-state index in [4.69, 9.17) is 0 Å². The van der Waals surface area contributed by atoms with Crippen LogP contribution in [0.4, 0.5) is 11.4 Å². The molecule has 1 unspecified atom stereocenters. The van der Waals surface area contributed by atoms with E-state index in [2.05, 4.69) is 10.6 Å². The van der Waals surface area contributed by atoms with Gasteiger partial charge < -0.3 is 10.6 Å². The molecule has 18 heavy (non-hydrogen) atoms. The van der Waals surface area contributed by atoms with E-state index in [1.54, 1.807) is 19.1 Å². The lowest BCUT2D eigenvalue weighted by molar-refractivity contribution is -0.384. The Kier molecular flexibility index (Phi) is 4.15. The molecule has 2 N–H and O–H groups in total. The molecule has 0 bridgehead atoms. The molecule has 0 radical (unpaired) electrons. The molecule has 1 fully saturated rings. The molecular formula is C13H19N3O2. The van der Waals surface area contributed by atoms with E-state index in [0.29, 0.717) is 17.3 Å². The second-order valence-corrected chi connectivity index (χ2v) is 4.74. The molecule has 5 nitrogen and oxygen atoms in total. The van der Waals surface area contributed by atoms with E-state index < -0.39 is 0 Å². The summed E-state index contributed by atoms with van der Waals surface area (Å²) in [4.78, 5) is 10.7.